The van der Waals surface area contributed by atoms with Crippen LogP contribution in [0.5, 0.6) is 0 Å². The average molecular weight is 388 g/mol. The number of carbonyl (C=O) groups is 4. The maximum absolute atomic E-state index is 12.8. The number of esters is 1. The largest absolute Gasteiger partial charge is 0.459 e. The molecule has 3 fully saturated rings. The minimum atomic E-state index is -0.802. The highest BCUT2D eigenvalue weighted by atomic mass is 32.2. The molecule has 0 aromatic heterocycles. The molecule has 0 N–H and O–H groups in total. The Hall–Kier alpha value is -2.35. The Morgan fingerprint density at radius 2 is 1.78 bits per heavy atom. The van der Waals surface area contributed by atoms with Crippen LogP contribution in [0, 0.1) is 0 Å². The zero-order valence-corrected chi connectivity index (χ0v) is 15.9. The molecule has 1 aromatic rings. The number of imide groups is 1. The van der Waals surface area contributed by atoms with Crippen molar-refractivity contribution in [3.63, 3.8) is 0 Å². The van der Waals surface area contributed by atoms with Crippen molar-refractivity contribution in [1.82, 2.24) is 9.80 Å². The molecule has 2 unspecified atom stereocenters. The Morgan fingerprint density at radius 1 is 1.15 bits per heavy atom. The normalized spacial score (nSPS) is 29.0. The number of likely N-dealkylation sites (tertiary alicyclic amines) is 1. The summed E-state index contributed by atoms with van der Waals surface area (Å²) in [6.45, 7) is 3.89. The highest BCUT2D eigenvalue weighted by Crippen LogP contribution is 2.52. The summed E-state index contributed by atoms with van der Waals surface area (Å²) in [5.41, 5.74) is 0.868. The number of carbonyl (C=O) groups excluding carboxylic acids is 4. The quantitative estimate of drug-likeness (QED) is 0.439. The van der Waals surface area contributed by atoms with Gasteiger partial charge in [0.2, 0.25) is 11.8 Å². The maximum atomic E-state index is 12.8. The average Bonchev–Trinajstić information content (AvgIpc) is 3.09. The van der Waals surface area contributed by atoms with E-state index in [0.29, 0.717) is 0 Å². The van der Waals surface area contributed by atoms with Gasteiger partial charge in [0.15, 0.2) is 0 Å². The van der Waals surface area contributed by atoms with Gasteiger partial charge in [0.25, 0.3) is 5.91 Å². The number of nitrogens with zero attached hydrogens (tertiary/aromatic N) is 2. The van der Waals surface area contributed by atoms with Crippen LogP contribution in [0.3, 0.4) is 0 Å². The molecule has 0 aliphatic carbocycles. The van der Waals surface area contributed by atoms with Crippen LogP contribution in [0.4, 0.5) is 0 Å². The summed E-state index contributed by atoms with van der Waals surface area (Å²) in [4.78, 5) is 52.1. The molecule has 3 aliphatic rings. The molecule has 8 heteroatoms. The van der Waals surface area contributed by atoms with Gasteiger partial charge < -0.3 is 9.64 Å². The third kappa shape index (κ3) is 2.82. The molecule has 7 nitrogen and oxygen atoms in total. The summed E-state index contributed by atoms with van der Waals surface area (Å²) in [7, 11) is 0. The fourth-order valence-corrected chi connectivity index (χ4v) is 5.59. The topological polar surface area (TPSA) is 84.0 Å². The summed E-state index contributed by atoms with van der Waals surface area (Å²) in [6.07, 6.45) is 0.290. The zero-order chi connectivity index (χ0) is 19.3. The van der Waals surface area contributed by atoms with Crippen LogP contribution < -0.4 is 0 Å². The molecule has 4 rings (SSSR count). The van der Waals surface area contributed by atoms with E-state index in [1.54, 1.807) is 0 Å². The van der Waals surface area contributed by atoms with Crippen molar-refractivity contribution in [2.45, 2.75) is 55.5 Å². The van der Waals surface area contributed by atoms with Crippen molar-refractivity contribution in [3.8, 4) is 0 Å². The molecule has 27 heavy (non-hydrogen) atoms. The Kier molecular flexibility index (Phi) is 4.25. The first-order valence-electron chi connectivity index (χ1n) is 8.87. The summed E-state index contributed by atoms with van der Waals surface area (Å²) in [5.74, 6) is -1.45. The molecule has 3 heterocycles. The first kappa shape index (κ1) is 18.0. The summed E-state index contributed by atoms with van der Waals surface area (Å²) in [6, 6.07) is 7.79. The fourth-order valence-electron chi connectivity index (χ4n) is 3.92. The number of amides is 3. The van der Waals surface area contributed by atoms with Gasteiger partial charge in [-0.05, 0) is 19.4 Å². The van der Waals surface area contributed by atoms with Crippen molar-refractivity contribution in [2.75, 3.05) is 0 Å². The Bertz CT molecular complexity index is 809. The third-order valence-corrected chi connectivity index (χ3v) is 6.79. The third-order valence-electron chi connectivity index (χ3n) is 5.23. The smallest absolute Gasteiger partial charge is 0.330 e. The molecule has 0 bridgehead atoms. The molecule has 3 aliphatic heterocycles. The second-order valence-electron chi connectivity index (χ2n) is 7.46. The lowest BCUT2D eigenvalue weighted by atomic mass is 9.95. The SMILES string of the molecule is CC1(C)S[C@H]2C(N3C(=O)CCC3=O)C(=O)N2C1C(=O)OCc1ccccc1. The van der Waals surface area contributed by atoms with Crippen LogP contribution in [0.2, 0.25) is 0 Å². The molecule has 3 amide bonds. The van der Waals surface area contributed by atoms with E-state index in [0.717, 1.165) is 10.5 Å². The lowest BCUT2D eigenvalue weighted by Crippen LogP contribution is -2.71. The van der Waals surface area contributed by atoms with Gasteiger partial charge in [0.05, 0.1) is 0 Å². The van der Waals surface area contributed by atoms with Crippen LogP contribution in [0.15, 0.2) is 30.3 Å². The number of ether oxygens (including phenoxy) is 1. The molecular weight excluding hydrogens is 368 g/mol. The number of β-lactam (4-membered cyclic amide) rings is 1. The molecule has 1 aromatic carbocycles. The van der Waals surface area contributed by atoms with Gasteiger partial charge in [0.1, 0.15) is 24.1 Å². The fraction of sp³-hybridized carbons (Fsp3) is 0.474. The molecule has 0 spiro atoms. The van der Waals surface area contributed by atoms with Crippen LogP contribution in [-0.2, 0) is 30.5 Å². The van der Waals surface area contributed by atoms with Crippen molar-refractivity contribution < 1.29 is 23.9 Å². The van der Waals surface area contributed by atoms with E-state index in [4.69, 9.17) is 4.74 Å². The minimum absolute atomic E-state index is 0.135. The predicted octanol–water partition coefficient (Wildman–Crippen LogP) is 1.31. The Labute approximate surface area is 161 Å². The second-order valence-corrected chi connectivity index (χ2v) is 9.23. The van der Waals surface area contributed by atoms with E-state index >= 15 is 0 Å². The van der Waals surface area contributed by atoms with Crippen LogP contribution in [0.25, 0.3) is 0 Å². The van der Waals surface area contributed by atoms with E-state index in [-0.39, 0.29) is 37.2 Å². The van der Waals surface area contributed by atoms with Gasteiger partial charge in [-0.15, -0.1) is 11.8 Å². The van der Waals surface area contributed by atoms with Gasteiger partial charge in [-0.3, -0.25) is 19.3 Å². The molecular formula is C19H20N2O5S. The molecule has 3 atom stereocenters. The van der Waals surface area contributed by atoms with E-state index in [1.807, 2.05) is 44.2 Å². The van der Waals surface area contributed by atoms with Gasteiger partial charge in [-0.25, -0.2) is 4.79 Å². The number of hydrogen-bond acceptors (Lipinski definition) is 6. The van der Waals surface area contributed by atoms with Gasteiger partial charge in [-0.2, -0.15) is 0 Å². The molecule has 3 saturated heterocycles. The monoisotopic (exact) mass is 388 g/mol. The lowest BCUT2D eigenvalue weighted by Gasteiger charge is -2.46. The second kappa shape index (κ2) is 6.37. The molecule has 142 valence electrons. The Morgan fingerprint density at radius 3 is 2.41 bits per heavy atom. The molecule has 0 saturated carbocycles. The number of fused-ring (bicyclic) bond motifs is 1. The molecule has 0 radical (unpaired) electrons. The summed E-state index contributed by atoms with van der Waals surface area (Å²) >= 11 is 1.44. The standard InChI is InChI=1S/C19H20N2O5S/c1-19(2)15(18(25)26-10-11-6-4-3-5-7-11)21-16(24)14(17(21)27-19)20-12(22)8-9-13(20)23/h3-7,14-15,17H,8-10H2,1-2H3/t14?,15?,17-/m0/s1. The van der Waals surface area contributed by atoms with Crippen molar-refractivity contribution in [2.24, 2.45) is 0 Å². The summed E-state index contributed by atoms with van der Waals surface area (Å²) in [5, 5.41) is -0.396. The maximum Gasteiger partial charge on any atom is 0.330 e. The number of thioether (sulfide) groups is 1. The number of benzene rings is 1. The number of rotatable bonds is 4. The van der Waals surface area contributed by atoms with Crippen LogP contribution in [-0.4, -0.2) is 55.7 Å². The highest BCUT2D eigenvalue weighted by molar-refractivity contribution is 8.01. The van der Waals surface area contributed by atoms with E-state index in [2.05, 4.69) is 0 Å². The van der Waals surface area contributed by atoms with Gasteiger partial charge in [0, 0.05) is 17.6 Å². The minimum Gasteiger partial charge on any atom is -0.459 e. The van der Waals surface area contributed by atoms with Crippen molar-refractivity contribution in [1.29, 1.82) is 0 Å². The highest BCUT2D eigenvalue weighted by Gasteiger charge is 2.67. The Balaban J connectivity index is 1.50. The van der Waals surface area contributed by atoms with Crippen LogP contribution >= 0.6 is 11.8 Å². The first-order chi connectivity index (χ1) is 12.8. The summed E-state index contributed by atoms with van der Waals surface area (Å²) < 4.78 is 4.88. The predicted molar refractivity (Wildman–Crippen MR) is 97.2 cm³/mol. The van der Waals surface area contributed by atoms with Crippen LogP contribution in [0.1, 0.15) is 32.3 Å². The zero-order valence-electron chi connectivity index (χ0n) is 15.1. The van der Waals surface area contributed by atoms with E-state index in [1.165, 1.54) is 16.7 Å². The van der Waals surface area contributed by atoms with E-state index in [9.17, 15) is 19.2 Å². The van der Waals surface area contributed by atoms with Crippen molar-refractivity contribution >= 4 is 35.5 Å². The van der Waals surface area contributed by atoms with Gasteiger partial charge >= 0.3 is 5.97 Å². The first-order valence-corrected chi connectivity index (χ1v) is 9.74. The van der Waals surface area contributed by atoms with Gasteiger partial charge in [-0.1, -0.05) is 30.3 Å². The van der Waals surface area contributed by atoms with E-state index < -0.39 is 28.2 Å². The van der Waals surface area contributed by atoms with Crippen molar-refractivity contribution in [3.05, 3.63) is 35.9 Å². The number of hydrogen-bond donors (Lipinski definition) is 0. The lowest BCUT2D eigenvalue weighted by molar-refractivity contribution is -0.172.